The lowest BCUT2D eigenvalue weighted by molar-refractivity contribution is -0.167. The molecule has 0 bridgehead atoms. The molecule has 7 heteroatoms. The lowest BCUT2D eigenvalue weighted by atomic mass is 9.73. The molecule has 0 aromatic heterocycles. The average Bonchev–Trinajstić information content (AvgIpc) is 2.76. The number of rotatable bonds is 5. The van der Waals surface area contributed by atoms with E-state index in [2.05, 4.69) is 30.6 Å². The summed E-state index contributed by atoms with van der Waals surface area (Å²) < 4.78 is 5.35. The van der Waals surface area contributed by atoms with Crippen molar-refractivity contribution in [3.05, 3.63) is 35.4 Å². The third-order valence-electron chi connectivity index (χ3n) is 6.61. The van der Waals surface area contributed by atoms with Gasteiger partial charge in [-0.15, -0.1) is 0 Å². The molecule has 3 fully saturated rings. The van der Waals surface area contributed by atoms with E-state index in [9.17, 15) is 14.7 Å². The van der Waals surface area contributed by atoms with Crippen molar-refractivity contribution in [3.8, 4) is 11.8 Å². The number of carbonyl (C=O) groups is 2. The van der Waals surface area contributed by atoms with Crippen molar-refractivity contribution < 1.29 is 19.4 Å². The molecule has 1 aromatic rings. The van der Waals surface area contributed by atoms with Crippen molar-refractivity contribution in [2.75, 3.05) is 52.5 Å². The van der Waals surface area contributed by atoms with Crippen molar-refractivity contribution in [1.82, 2.24) is 14.7 Å². The first-order valence-corrected chi connectivity index (χ1v) is 11.6. The van der Waals surface area contributed by atoms with Gasteiger partial charge < -0.3 is 19.6 Å². The van der Waals surface area contributed by atoms with Crippen LogP contribution in [0.25, 0.3) is 0 Å². The third kappa shape index (κ3) is 4.83. The van der Waals surface area contributed by atoms with Gasteiger partial charge in [-0.2, -0.15) is 0 Å². The van der Waals surface area contributed by atoms with Crippen LogP contribution in [0.3, 0.4) is 0 Å². The Balaban J connectivity index is 1.44. The molecule has 172 valence electrons. The van der Waals surface area contributed by atoms with Crippen LogP contribution in [0.15, 0.2) is 24.3 Å². The minimum absolute atomic E-state index is 0.0122. The van der Waals surface area contributed by atoms with Crippen LogP contribution >= 0.6 is 0 Å². The van der Waals surface area contributed by atoms with E-state index in [0.717, 1.165) is 30.6 Å². The van der Waals surface area contributed by atoms with Crippen molar-refractivity contribution in [2.24, 2.45) is 5.92 Å². The Hall–Kier alpha value is -2.40. The number of fused-ring (bicyclic) bond motifs is 1. The molecule has 7 nitrogen and oxygen atoms in total. The largest absolute Gasteiger partial charge is 0.394 e. The van der Waals surface area contributed by atoms with Gasteiger partial charge in [0.2, 0.25) is 11.8 Å². The van der Waals surface area contributed by atoms with E-state index in [1.54, 1.807) is 9.80 Å². The maximum atomic E-state index is 12.9. The number of piperazine rings is 1. The molecule has 1 aromatic carbocycles. The average molecular weight is 440 g/mol. The highest BCUT2D eigenvalue weighted by Crippen LogP contribution is 2.42. The van der Waals surface area contributed by atoms with Crippen molar-refractivity contribution in [1.29, 1.82) is 0 Å². The molecule has 3 heterocycles. The molecule has 0 unspecified atom stereocenters. The molecular formula is C25H33N3O4. The number of hydrogen-bond donors (Lipinski definition) is 1. The van der Waals surface area contributed by atoms with Gasteiger partial charge in [-0.25, -0.2) is 0 Å². The summed E-state index contributed by atoms with van der Waals surface area (Å²) in [6, 6.07) is 7.77. The van der Waals surface area contributed by atoms with Crippen molar-refractivity contribution in [3.63, 3.8) is 0 Å². The van der Waals surface area contributed by atoms with Gasteiger partial charge in [0.15, 0.2) is 0 Å². The maximum absolute atomic E-state index is 12.9. The normalized spacial score (nSPS) is 25.8. The van der Waals surface area contributed by atoms with E-state index in [0.29, 0.717) is 32.2 Å². The molecule has 3 aliphatic rings. The summed E-state index contributed by atoms with van der Waals surface area (Å²) in [6.45, 7) is 7.90. The van der Waals surface area contributed by atoms with Crippen LogP contribution in [0, 0.1) is 17.8 Å². The van der Waals surface area contributed by atoms with Gasteiger partial charge in [0, 0.05) is 37.5 Å². The highest BCUT2D eigenvalue weighted by molar-refractivity contribution is 5.88. The van der Waals surface area contributed by atoms with Gasteiger partial charge >= 0.3 is 0 Å². The molecule has 3 saturated heterocycles. The molecule has 2 amide bonds. The van der Waals surface area contributed by atoms with Crippen LogP contribution in [0.5, 0.6) is 0 Å². The lowest BCUT2D eigenvalue weighted by Gasteiger charge is -2.58. The first-order chi connectivity index (χ1) is 15.5. The Bertz CT molecular complexity index is 883. The zero-order chi connectivity index (χ0) is 22.7. The second-order valence-corrected chi connectivity index (χ2v) is 9.33. The highest BCUT2D eigenvalue weighted by atomic mass is 16.5. The molecule has 4 rings (SSSR count). The molecule has 32 heavy (non-hydrogen) atoms. The van der Waals surface area contributed by atoms with Gasteiger partial charge in [-0.3, -0.25) is 14.5 Å². The Kier molecular flexibility index (Phi) is 7.14. The second kappa shape index (κ2) is 10.0. The number of aliphatic hydroxyl groups excluding tert-OH is 1. The van der Waals surface area contributed by atoms with E-state index >= 15 is 0 Å². The highest BCUT2D eigenvalue weighted by Gasteiger charge is 2.54. The molecule has 1 N–H and O–H groups in total. The van der Waals surface area contributed by atoms with Gasteiger partial charge in [0.25, 0.3) is 0 Å². The zero-order valence-corrected chi connectivity index (χ0v) is 19.0. The number of benzene rings is 1. The predicted octanol–water partition coefficient (Wildman–Crippen LogP) is 0.914. The summed E-state index contributed by atoms with van der Waals surface area (Å²) >= 11 is 0. The number of amides is 2. The van der Waals surface area contributed by atoms with E-state index < -0.39 is 0 Å². The fraction of sp³-hybridized carbons (Fsp3) is 0.600. The monoisotopic (exact) mass is 439 g/mol. The van der Waals surface area contributed by atoms with Crippen molar-refractivity contribution in [2.45, 2.75) is 38.3 Å². The summed E-state index contributed by atoms with van der Waals surface area (Å²) in [5.74, 6) is 6.87. The Labute approximate surface area is 190 Å². The van der Waals surface area contributed by atoms with E-state index in [1.807, 2.05) is 24.3 Å². The maximum Gasteiger partial charge on any atom is 0.242 e. The SMILES string of the molecule is CC(C)CC#Cc1ccc([C@H]2[C@@H](CO)N3C(=O)CN(C(=O)CN4CCOCC4)C[C@H]23)cc1. The van der Waals surface area contributed by atoms with Crippen LogP contribution in [-0.4, -0.2) is 96.2 Å². The molecule has 3 atom stereocenters. The Morgan fingerprint density at radius 3 is 2.59 bits per heavy atom. The van der Waals surface area contributed by atoms with E-state index in [1.165, 1.54) is 0 Å². The second-order valence-electron chi connectivity index (χ2n) is 9.33. The predicted molar refractivity (Wildman–Crippen MR) is 121 cm³/mol. The minimum Gasteiger partial charge on any atom is -0.394 e. The first-order valence-electron chi connectivity index (χ1n) is 11.6. The number of hydrogen-bond acceptors (Lipinski definition) is 5. The number of morpholine rings is 1. The van der Waals surface area contributed by atoms with E-state index in [4.69, 9.17) is 4.74 Å². The smallest absolute Gasteiger partial charge is 0.242 e. The lowest BCUT2D eigenvalue weighted by Crippen LogP contribution is -2.73. The number of aliphatic hydroxyl groups is 1. The number of nitrogens with zero attached hydrogens (tertiary/aromatic N) is 3. The first kappa shape index (κ1) is 22.8. The Morgan fingerprint density at radius 1 is 1.22 bits per heavy atom. The summed E-state index contributed by atoms with van der Waals surface area (Å²) in [5.41, 5.74) is 2.04. The van der Waals surface area contributed by atoms with Gasteiger partial charge in [0.05, 0.1) is 45.0 Å². The Morgan fingerprint density at radius 2 is 1.94 bits per heavy atom. The fourth-order valence-corrected chi connectivity index (χ4v) is 4.89. The summed E-state index contributed by atoms with van der Waals surface area (Å²) in [4.78, 5) is 31.2. The van der Waals surface area contributed by atoms with E-state index in [-0.39, 0.29) is 43.0 Å². The standard InChI is InChI=1S/C25H33N3O4/c1-18(2)4-3-5-19-6-8-20(9-7-19)25-21-14-27(16-24(31)28(21)22(25)17-29)23(30)15-26-10-12-32-13-11-26/h6-9,18,21-22,25,29H,4,10-17H2,1-2H3/t21-,22-,25-/m1/s1. The minimum atomic E-state index is -0.234. The molecular weight excluding hydrogens is 406 g/mol. The molecule has 0 spiro atoms. The molecule has 0 radical (unpaired) electrons. The molecule has 0 saturated carbocycles. The molecule has 0 aliphatic carbocycles. The quantitative estimate of drug-likeness (QED) is 0.691. The summed E-state index contributed by atoms with van der Waals surface area (Å²) in [5, 5.41) is 9.97. The third-order valence-corrected chi connectivity index (χ3v) is 6.61. The number of ether oxygens (including phenoxy) is 1. The van der Waals surface area contributed by atoms with Crippen molar-refractivity contribution >= 4 is 11.8 Å². The van der Waals surface area contributed by atoms with Crippen LogP contribution in [0.2, 0.25) is 0 Å². The summed E-state index contributed by atoms with van der Waals surface area (Å²) in [6.07, 6.45) is 0.866. The van der Waals surface area contributed by atoms with Gasteiger partial charge in [-0.05, 0) is 23.6 Å². The number of carbonyl (C=O) groups excluding carboxylic acids is 2. The van der Waals surface area contributed by atoms with Crippen LogP contribution in [0.1, 0.15) is 37.3 Å². The molecule has 3 aliphatic heterocycles. The zero-order valence-electron chi connectivity index (χ0n) is 19.0. The topological polar surface area (TPSA) is 73.3 Å². The van der Waals surface area contributed by atoms with Crippen LogP contribution < -0.4 is 0 Å². The fourth-order valence-electron chi connectivity index (χ4n) is 4.89. The van der Waals surface area contributed by atoms with Gasteiger partial charge in [0.1, 0.15) is 0 Å². The summed E-state index contributed by atoms with van der Waals surface area (Å²) in [7, 11) is 0. The van der Waals surface area contributed by atoms with Gasteiger partial charge in [-0.1, -0.05) is 37.8 Å². The van der Waals surface area contributed by atoms with Crippen LogP contribution in [0.4, 0.5) is 0 Å². The van der Waals surface area contributed by atoms with Crippen LogP contribution in [-0.2, 0) is 14.3 Å².